The molecule has 0 radical (unpaired) electrons. The van der Waals surface area contributed by atoms with Crippen molar-refractivity contribution in [3.63, 3.8) is 0 Å². The van der Waals surface area contributed by atoms with Crippen LogP contribution in [-0.4, -0.2) is 18.5 Å². The molecule has 0 saturated heterocycles. The van der Waals surface area contributed by atoms with E-state index in [4.69, 9.17) is 4.74 Å². The van der Waals surface area contributed by atoms with Gasteiger partial charge in [0.15, 0.2) is 0 Å². The Morgan fingerprint density at radius 1 is 1.05 bits per heavy atom. The summed E-state index contributed by atoms with van der Waals surface area (Å²) < 4.78 is 4.96. The number of carbonyl (C=O) groups excluding carboxylic acids is 2. The first-order valence-electron chi connectivity index (χ1n) is 7.17. The average Bonchev–Trinajstić information content (AvgIpc) is 2.49. The van der Waals surface area contributed by atoms with E-state index >= 15 is 0 Å². The van der Waals surface area contributed by atoms with Crippen LogP contribution < -0.4 is 5.32 Å². The number of hydrogen-bond donors (Lipinski definition) is 1. The van der Waals surface area contributed by atoms with Crippen LogP contribution in [0.1, 0.15) is 38.8 Å². The Morgan fingerprint density at radius 2 is 1.77 bits per heavy atom. The van der Waals surface area contributed by atoms with Crippen LogP contribution in [-0.2, 0) is 4.74 Å². The van der Waals surface area contributed by atoms with Crippen molar-refractivity contribution in [1.82, 2.24) is 0 Å². The minimum atomic E-state index is -0.359. The third kappa shape index (κ3) is 3.52. The van der Waals surface area contributed by atoms with E-state index in [0.717, 1.165) is 11.1 Å². The van der Waals surface area contributed by atoms with Gasteiger partial charge in [-0.25, -0.2) is 4.79 Å². The Bertz CT molecular complexity index is 707. The molecule has 0 bridgehead atoms. The fraction of sp³-hybridized carbons (Fsp3) is 0.222. The van der Waals surface area contributed by atoms with Crippen LogP contribution in [0.5, 0.6) is 0 Å². The largest absolute Gasteiger partial charge is 0.462 e. The summed E-state index contributed by atoms with van der Waals surface area (Å²) in [5, 5.41) is 2.87. The minimum Gasteiger partial charge on any atom is -0.462 e. The molecule has 0 atom stereocenters. The summed E-state index contributed by atoms with van der Waals surface area (Å²) in [4.78, 5) is 24.0. The van der Waals surface area contributed by atoms with Crippen LogP contribution in [0.2, 0.25) is 0 Å². The lowest BCUT2D eigenvalue weighted by Gasteiger charge is -2.11. The lowest BCUT2D eigenvalue weighted by Crippen LogP contribution is -2.14. The number of carbonyl (C=O) groups is 2. The van der Waals surface area contributed by atoms with E-state index in [1.807, 2.05) is 32.0 Å². The van der Waals surface area contributed by atoms with E-state index in [0.29, 0.717) is 23.4 Å². The van der Waals surface area contributed by atoms with Crippen LogP contribution >= 0.6 is 0 Å². The van der Waals surface area contributed by atoms with Gasteiger partial charge in [-0.1, -0.05) is 18.2 Å². The predicted molar refractivity (Wildman–Crippen MR) is 86.3 cm³/mol. The zero-order valence-corrected chi connectivity index (χ0v) is 13.0. The highest BCUT2D eigenvalue weighted by molar-refractivity contribution is 6.05. The number of aryl methyl sites for hydroxylation is 2. The number of esters is 1. The van der Waals surface area contributed by atoms with E-state index in [1.165, 1.54) is 0 Å². The summed E-state index contributed by atoms with van der Waals surface area (Å²) in [6.07, 6.45) is 0. The second-order valence-corrected chi connectivity index (χ2v) is 5.02. The molecule has 2 rings (SSSR count). The number of nitrogens with one attached hydrogen (secondary N) is 1. The van der Waals surface area contributed by atoms with Crippen molar-refractivity contribution >= 4 is 17.6 Å². The number of anilines is 1. The number of hydrogen-bond acceptors (Lipinski definition) is 3. The highest BCUT2D eigenvalue weighted by atomic mass is 16.5. The molecule has 0 unspecified atom stereocenters. The van der Waals surface area contributed by atoms with Gasteiger partial charge < -0.3 is 10.1 Å². The lowest BCUT2D eigenvalue weighted by molar-refractivity contribution is 0.0526. The van der Waals surface area contributed by atoms with Crippen molar-refractivity contribution in [2.75, 3.05) is 11.9 Å². The molecule has 2 aromatic carbocycles. The molecule has 0 aliphatic carbocycles. The van der Waals surface area contributed by atoms with Crippen molar-refractivity contribution < 1.29 is 14.3 Å². The molecule has 22 heavy (non-hydrogen) atoms. The molecule has 1 N–H and O–H groups in total. The third-order valence-electron chi connectivity index (χ3n) is 3.38. The normalized spacial score (nSPS) is 10.1. The van der Waals surface area contributed by atoms with Gasteiger partial charge in [0.2, 0.25) is 0 Å². The second-order valence-electron chi connectivity index (χ2n) is 5.02. The van der Waals surface area contributed by atoms with Crippen LogP contribution in [0, 0.1) is 13.8 Å². The number of benzene rings is 2. The lowest BCUT2D eigenvalue weighted by atomic mass is 10.1. The molecule has 2 aromatic rings. The Morgan fingerprint density at radius 3 is 2.41 bits per heavy atom. The maximum absolute atomic E-state index is 12.3. The van der Waals surface area contributed by atoms with E-state index < -0.39 is 0 Å². The van der Waals surface area contributed by atoms with Crippen molar-refractivity contribution in [1.29, 1.82) is 0 Å². The Kier molecular flexibility index (Phi) is 4.94. The first-order chi connectivity index (χ1) is 10.5. The molecule has 0 spiro atoms. The van der Waals surface area contributed by atoms with E-state index in [2.05, 4.69) is 5.32 Å². The maximum Gasteiger partial charge on any atom is 0.338 e. The zero-order valence-electron chi connectivity index (χ0n) is 13.0. The monoisotopic (exact) mass is 297 g/mol. The summed E-state index contributed by atoms with van der Waals surface area (Å²) in [5.74, 6) is -0.521. The smallest absolute Gasteiger partial charge is 0.338 e. The van der Waals surface area contributed by atoms with Gasteiger partial charge >= 0.3 is 5.97 Å². The van der Waals surface area contributed by atoms with Gasteiger partial charge in [0.05, 0.1) is 12.2 Å². The summed E-state index contributed by atoms with van der Waals surface area (Å²) in [6.45, 7) is 5.84. The van der Waals surface area contributed by atoms with E-state index in [-0.39, 0.29) is 11.9 Å². The molecular formula is C18H19NO3. The molecule has 0 fully saturated rings. The molecule has 0 saturated carbocycles. The van der Waals surface area contributed by atoms with Crippen molar-refractivity contribution in [3.8, 4) is 0 Å². The van der Waals surface area contributed by atoms with Crippen LogP contribution in [0.3, 0.4) is 0 Å². The van der Waals surface area contributed by atoms with Crippen molar-refractivity contribution in [3.05, 3.63) is 64.7 Å². The molecule has 4 nitrogen and oxygen atoms in total. The first-order valence-corrected chi connectivity index (χ1v) is 7.17. The molecule has 1 amide bonds. The topological polar surface area (TPSA) is 55.4 Å². The van der Waals surface area contributed by atoms with Gasteiger partial charge in [-0.15, -0.1) is 0 Å². The number of rotatable bonds is 4. The standard InChI is InChI=1S/C18H19NO3/c1-4-22-18(21)14-9-10-16(13(3)11-14)19-17(20)15-8-6-5-7-12(15)2/h5-11H,4H2,1-3H3,(H,19,20). The van der Waals surface area contributed by atoms with Crippen molar-refractivity contribution in [2.45, 2.75) is 20.8 Å². The number of amides is 1. The van der Waals surface area contributed by atoms with Crippen LogP contribution in [0.15, 0.2) is 42.5 Å². The Labute approximate surface area is 130 Å². The average molecular weight is 297 g/mol. The van der Waals surface area contributed by atoms with E-state index in [9.17, 15) is 9.59 Å². The molecular weight excluding hydrogens is 278 g/mol. The fourth-order valence-corrected chi connectivity index (χ4v) is 2.16. The molecule has 0 aliphatic rings. The summed E-state index contributed by atoms with van der Waals surface area (Å²) >= 11 is 0. The van der Waals surface area contributed by atoms with Crippen molar-refractivity contribution in [2.24, 2.45) is 0 Å². The van der Waals surface area contributed by atoms with Gasteiger partial charge in [0.25, 0.3) is 5.91 Å². The number of ether oxygens (including phenoxy) is 1. The maximum atomic E-state index is 12.3. The fourth-order valence-electron chi connectivity index (χ4n) is 2.16. The highest BCUT2D eigenvalue weighted by Crippen LogP contribution is 2.19. The van der Waals surface area contributed by atoms with Gasteiger partial charge in [-0.05, 0) is 56.2 Å². The van der Waals surface area contributed by atoms with Gasteiger partial charge in [-0.3, -0.25) is 4.79 Å². The summed E-state index contributed by atoms with van der Waals surface area (Å²) in [7, 11) is 0. The first kappa shape index (κ1) is 15.8. The van der Waals surface area contributed by atoms with Gasteiger partial charge in [-0.2, -0.15) is 0 Å². The quantitative estimate of drug-likeness (QED) is 0.875. The van der Waals surface area contributed by atoms with Crippen LogP contribution in [0.25, 0.3) is 0 Å². The van der Waals surface area contributed by atoms with Gasteiger partial charge in [0.1, 0.15) is 0 Å². The van der Waals surface area contributed by atoms with Crippen LogP contribution in [0.4, 0.5) is 5.69 Å². The second kappa shape index (κ2) is 6.89. The zero-order chi connectivity index (χ0) is 16.1. The summed E-state index contributed by atoms with van der Waals surface area (Å²) in [6, 6.07) is 12.5. The van der Waals surface area contributed by atoms with Gasteiger partial charge in [0, 0.05) is 11.3 Å². The Balaban J connectivity index is 2.19. The molecule has 114 valence electrons. The predicted octanol–water partition coefficient (Wildman–Crippen LogP) is 3.73. The molecule has 4 heteroatoms. The third-order valence-corrected chi connectivity index (χ3v) is 3.38. The molecule has 0 aliphatic heterocycles. The van der Waals surface area contributed by atoms with E-state index in [1.54, 1.807) is 31.2 Å². The molecule has 0 heterocycles. The minimum absolute atomic E-state index is 0.162. The summed E-state index contributed by atoms with van der Waals surface area (Å²) in [5.41, 5.74) is 3.53. The highest BCUT2D eigenvalue weighted by Gasteiger charge is 2.12. The SMILES string of the molecule is CCOC(=O)c1ccc(NC(=O)c2ccccc2C)c(C)c1. The Hall–Kier alpha value is -2.62. The molecule has 0 aromatic heterocycles.